The summed E-state index contributed by atoms with van der Waals surface area (Å²) in [5, 5.41) is 0. The van der Waals surface area contributed by atoms with Crippen LogP contribution in [0.5, 0.6) is 0 Å². The van der Waals surface area contributed by atoms with Crippen molar-refractivity contribution in [3.63, 3.8) is 0 Å². The molecule has 0 aromatic carbocycles. The molecule has 3 fully saturated rings. The predicted octanol–water partition coefficient (Wildman–Crippen LogP) is 4.84. The van der Waals surface area contributed by atoms with Crippen LogP contribution in [0.15, 0.2) is 11.6 Å². The van der Waals surface area contributed by atoms with E-state index in [0.717, 1.165) is 23.7 Å². The summed E-state index contributed by atoms with van der Waals surface area (Å²) in [6.07, 6.45) is 13.6. The van der Waals surface area contributed by atoms with E-state index < -0.39 is 0 Å². The van der Waals surface area contributed by atoms with E-state index in [4.69, 9.17) is 5.73 Å². The van der Waals surface area contributed by atoms with Crippen molar-refractivity contribution in [3.8, 4) is 0 Å². The highest BCUT2D eigenvalue weighted by Crippen LogP contribution is 2.66. The zero-order valence-electron chi connectivity index (χ0n) is 17.2. The van der Waals surface area contributed by atoms with Gasteiger partial charge in [0.25, 0.3) is 0 Å². The lowest BCUT2D eigenvalue weighted by molar-refractivity contribution is -0.0525. The number of hydrogen-bond donors (Lipinski definition) is 1. The van der Waals surface area contributed by atoms with Crippen LogP contribution in [-0.2, 0) is 0 Å². The lowest BCUT2D eigenvalue weighted by atomic mass is 9.47. The number of rotatable bonds is 2. The van der Waals surface area contributed by atoms with E-state index in [-0.39, 0.29) is 0 Å². The standard InChI is InChI=1S/C23H40N2/c1-15(25(4)5)19-8-9-20-18-7-6-16-14-17(24)10-12-22(16,2)21(18)11-13-23(19,20)3/h6,15,17-21H,7-14,24H2,1-5H3/t15-,17-,18-,19+,20-,21-,22-,23+/m0/s1. The van der Waals surface area contributed by atoms with Crippen molar-refractivity contribution in [1.82, 2.24) is 4.90 Å². The summed E-state index contributed by atoms with van der Waals surface area (Å²) in [4.78, 5) is 2.47. The second-order valence-corrected chi connectivity index (χ2v) is 10.7. The largest absolute Gasteiger partial charge is 0.327 e. The monoisotopic (exact) mass is 344 g/mol. The molecule has 25 heavy (non-hydrogen) atoms. The summed E-state index contributed by atoms with van der Waals surface area (Å²) in [7, 11) is 4.55. The van der Waals surface area contributed by atoms with E-state index in [1.807, 2.05) is 0 Å². The molecule has 0 aliphatic heterocycles. The molecule has 2 N–H and O–H groups in total. The SMILES string of the molecule is C[C@@H]([C@H]1CC[C@H]2[C@@H]3CC=C4C[C@@H](N)CC[C@]4(C)[C@H]3CC[C@]12C)N(C)C. The Labute approximate surface area is 155 Å². The zero-order valence-corrected chi connectivity index (χ0v) is 17.2. The summed E-state index contributed by atoms with van der Waals surface area (Å²) >= 11 is 0. The minimum Gasteiger partial charge on any atom is -0.327 e. The smallest absolute Gasteiger partial charge is 0.00944 e. The Balaban J connectivity index is 1.62. The molecular formula is C23H40N2. The van der Waals surface area contributed by atoms with Crippen LogP contribution in [0.2, 0.25) is 0 Å². The predicted molar refractivity (Wildman–Crippen MR) is 106 cm³/mol. The number of allylic oxidation sites excluding steroid dienone is 1. The number of nitrogens with zero attached hydrogens (tertiary/aromatic N) is 1. The lowest BCUT2D eigenvalue weighted by Crippen LogP contribution is -2.52. The van der Waals surface area contributed by atoms with E-state index in [2.05, 4.69) is 45.8 Å². The average Bonchev–Trinajstić information content (AvgIpc) is 2.92. The van der Waals surface area contributed by atoms with Crippen LogP contribution in [0, 0.1) is 34.5 Å². The van der Waals surface area contributed by atoms with Gasteiger partial charge in [-0.15, -0.1) is 0 Å². The molecule has 0 spiro atoms. The van der Waals surface area contributed by atoms with Crippen molar-refractivity contribution >= 4 is 0 Å². The van der Waals surface area contributed by atoms with Crippen molar-refractivity contribution in [2.24, 2.45) is 40.2 Å². The molecule has 4 rings (SSSR count). The molecule has 3 saturated carbocycles. The van der Waals surface area contributed by atoms with Crippen LogP contribution < -0.4 is 5.73 Å². The van der Waals surface area contributed by atoms with Gasteiger partial charge in [-0.05, 0) is 107 Å². The second kappa shape index (κ2) is 6.09. The van der Waals surface area contributed by atoms with Crippen molar-refractivity contribution < 1.29 is 0 Å². The first kappa shape index (κ1) is 18.0. The topological polar surface area (TPSA) is 29.3 Å². The van der Waals surface area contributed by atoms with Gasteiger partial charge in [-0.3, -0.25) is 0 Å². The van der Waals surface area contributed by atoms with Gasteiger partial charge in [0.2, 0.25) is 0 Å². The molecule has 0 unspecified atom stereocenters. The first-order valence-corrected chi connectivity index (χ1v) is 10.9. The highest BCUT2D eigenvalue weighted by Gasteiger charge is 2.59. The molecule has 2 heteroatoms. The van der Waals surface area contributed by atoms with E-state index in [9.17, 15) is 0 Å². The summed E-state index contributed by atoms with van der Waals surface area (Å²) in [5.41, 5.74) is 9.07. The second-order valence-electron chi connectivity index (χ2n) is 10.7. The van der Waals surface area contributed by atoms with Gasteiger partial charge >= 0.3 is 0 Å². The van der Waals surface area contributed by atoms with Gasteiger partial charge in [0.05, 0.1) is 0 Å². The van der Waals surface area contributed by atoms with Crippen LogP contribution in [0.4, 0.5) is 0 Å². The highest BCUT2D eigenvalue weighted by molar-refractivity contribution is 5.25. The van der Waals surface area contributed by atoms with Gasteiger partial charge in [-0.1, -0.05) is 25.5 Å². The quantitative estimate of drug-likeness (QED) is 0.726. The molecule has 0 bridgehead atoms. The van der Waals surface area contributed by atoms with Crippen LogP contribution in [-0.4, -0.2) is 31.1 Å². The average molecular weight is 345 g/mol. The Kier molecular flexibility index (Phi) is 4.40. The van der Waals surface area contributed by atoms with E-state index >= 15 is 0 Å². The normalized spacial score (nSPS) is 50.7. The van der Waals surface area contributed by atoms with E-state index in [1.54, 1.807) is 5.57 Å². The van der Waals surface area contributed by atoms with Crippen molar-refractivity contribution in [2.45, 2.75) is 84.2 Å². The Morgan fingerprint density at radius 1 is 1.08 bits per heavy atom. The van der Waals surface area contributed by atoms with Crippen LogP contribution >= 0.6 is 0 Å². The van der Waals surface area contributed by atoms with Crippen LogP contribution in [0.1, 0.15) is 72.1 Å². The third-order valence-electron chi connectivity index (χ3n) is 9.61. The molecule has 0 amide bonds. The van der Waals surface area contributed by atoms with Gasteiger partial charge in [-0.25, -0.2) is 0 Å². The van der Waals surface area contributed by atoms with Crippen molar-refractivity contribution in [1.29, 1.82) is 0 Å². The molecule has 142 valence electrons. The van der Waals surface area contributed by atoms with Gasteiger partial charge in [0, 0.05) is 12.1 Å². The first-order chi connectivity index (χ1) is 11.8. The molecule has 0 radical (unpaired) electrons. The fraction of sp³-hybridized carbons (Fsp3) is 0.913. The molecule has 0 aromatic rings. The zero-order chi connectivity index (χ0) is 18.0. The fourth-order valence-electron chi connectivity index (χ4n) is 7.88. The van der Waals surface area contributed by atoms with Gasteiger partial charge < -0.3 is 10.6 Å². The fourth-order valence-corrected chi connectivity index (χ4v) is 7.88. The van der Waals surface area contributed by atoms with Gasteiger partial charge in [0.15, 0.2) is 0 Å². The van der Waals surface area contributed by atoms with Gasteiger partial charge in [0.1, 0.15) is 0 Å². The molecule has 0 heterocycles. The van der Waals surface area contributed by atoms with Gasteiger partial charge in [-0.2, -0.15) is 0 Å². The third-order valence-corrected chi connectivity index (χ3v) is 9.61. The van der Waals surface area contributed by atoms with Crippen molar-refractivity contribution in [3.05, 3.63) is 11.6 Å². The molecule has 2 nitrogen and oxygen atoms in total. The maximum Gasteiger partial charge on any atom is 0.00944 e. The van der Waals surface area contributed by atoms with Crippen molar-refractivity contribution in [2.75, 3.05) is 14.1 Å². The van der Waals surface area contributed by atoms with Crippen LogP contribution in [0.3, 0.4) is 0 Å². The summed E-state index contributed by atoms with van der Waals surface area (Å²) < 4.78 is 0. The molecule has 0 aromatic heterocycles. The Hall–Kier alpha value is -0.340. The molecule has 8 atom stereocenters. The van der Waals surface area contributed by atoms with E-state index in [0.29, 0.717) is 22.9 Å². The Bertz CT molecular complexity index is 552. The third kappa shape index (κ3) is 2.57. The summed E-state index contributed by atoms with van der Waals surface area (Å²) in [6, 6.07) is 1.13. The number of fused-ring (bicyclic) bond motifs is 5. The maximum absolute atomic E-state index is 6.31. The molecular weight excluding hydrogens is 304 g/mol. The number of nitrogens with two attached hydrogens (primary N) is 1. The molecule has 0 saturated heterocycles. The minimum absolute atomic E-state index is 0.418. The minimum atomic E-state index is 0.418. The molecule has 4 aliphatic rings. The Morgan fingerprint density at radius 3 is 2.56 bits per heavy atom. The summed E-state index contributed by atoms with van der Waals surface area (Å²) in [6.45, 7) is 7.72. The van der Waals surface area contributed by atoms with E-state index in [1.165, 1.54) is 51.4 Å². The summed E-state index contributed by atoms with van der Waals surface area (Å²) in [5.74, 6) is 3.68. The number of hydrogen-bond acceptors (Lipinski definition) is 2. The highest BCUT2D eigenvalue weighted by atomic mass is 15.1. The Morgan fingerprint density at radius 2 is 1.84 bits per heavy atom. The molecule has 4 aliphatic carbocycles. The van der Waals surface area contributed by atoms with Crippen LogP contribution in [0.25, 0.3) is 0 Å². The lowest BCUT2D eigenvalue weighted by Gasteiger charge is -2.58. The maximum atomic E-state index is 6.31. The first-order valence-electron chi connectivity index (χ1n) is 10.9.